The third kappa shape index (κ3) is 4.68. The van der Waals surface area contributed by atoms with Crippen molar-refractivity contribution in [3.8, 4) is 11.5 Å². The number of nitrogens with zero attached hydrogens (tertiary/aromatic N) is 1. The number of methoxy groups -OCH3 is 2. The molecule has 0 unspecified atom stereocenters. The van der Waals surface area contributed by atoms with Gasteiger partial charge in [0.25, 0.3) is 0 Å². The van der Waals surface area contributed by atoms with Crippen molar-refractivity contribution in [2.45, 2.75) is 6.42 Å². The maximum absolute atomic E-state index is 11.7. The smallest absolute Gasteiger partial charge is 0.314 e. The van der Waals surface area contributed by atoms with Gasteiger partial charge in [0.2, 0.25) is 0 Å². The Morgan fingerprint density at radius 2 is 1.96 bits per heavy atom. The number of thiazole rings is 1. The van der Waals surface area contributed by atoms with E-state index in [9.17, 15) is 9.59 Å². The Kier molecular flexibility index (Phi) is 5.93. The second kappa shape index (κ2) is 8.14. The summed E-state index contributed by atoms with van der Waals surface area (Å²) in [6.07, 6.45) is 2.05. The molecule has 2 amide bonds. The molecule has 0 saturated carbocycles. The highest BCUT2D eigenvalue weighted by atomic mass is 32.1. The molecule has 0 atom stereocenters. The van der Waals surface area contributed by atoms with Crippen LogP contribution in [-0.2, 0) is 16.0 Å². The van der Waals surface area contributed by atoms with E-state index in [1.165, 1.54) is 17.5 Å². The van der Waals surface area contributed by atoms with E-state index in [-0.39, 0.29) is 0 Å². The summed E-state index contributed by atoms with van der Waals surface area (Å²) in [5, 5.41) is 5.58. The molecular formula is C15H17N3O4S. The van der Waals surface area contributed by atoms with Crippen LogP contribution in [0.25, 0.3) is 0 Å². The molecule has 0 radical (unpaired) electrons. The molecule has 23 heavy (non-hydrogen) atoms. The Morgan fingerprint density at radius 1 is 1.17 bits per heavy atom. The number of hydrogen-bond donors (Lipinski definition) is 2. The van der Waals surface area contributed by atoms with Crippen molar-refractivity contribution in [1.82, 2.24) is 10.3 Å². The number of amides is 2. The minimum absolute atomic E-state index is 0.338. The number of hydrogen-bond acceptors (Lipinski definition) is 6. The summed E-state index contributed by atoms with van der Waals surface area (Å²) in [6, 6.07) is 5.51. The van der Waals surface area contributed by atoms with Gasteiger partial charge in [0.15, 0.2) is 11.5 Å². The van der Waals surface area contributed by atoms with E-state index in [1.54, 1.807) is 25.8 Å². The van der Waals surface area contributed by atoms with E-state index in [4.69, 9.17) is 9.47 Å². The fraction of sp³-hybridized carbons (Fsp3) is 0.267. The number of anilines is 1. The Bertz CT molecular complexity index is 673. The summed E-state index contributed by atoms with van der Waals surface area (Å²) < 4.78 is 10.4. The first kappa shape index (κ1) is 16.8. The molecule has 2 aromatic rings. The zero-order valence-corrected chi connectivity index (χ0v) is 13.6. The fourth-order valence-electron chi connectivity index (χ4n) is 1.88. The van der Waals surface area contributed by atoms with Gasteiger partial charge in [0.05, 0.1) is 25.9 Å². The number of nitrogens with one attached hydrogen (secondary N) is 2. The normalized spacial score (nSPS) is 10.0. The quantitative estimate of drug-likeness (QED) is 0.780. The van der Waals surface area contributed by atoms with Crippen LogP contribution in [-0.4, -0.2) is 37.6 Å². The standard InChI is InChI=1S/C15H17N3O4S/c1-21-11-4-3-10(7-12(11)22-2)5-6-17-14(19)15(20)18-13-8-16-9-23-13/h3-4,7-9H,5-6H2,1-2H3,(H,17,19)(H,18,20). The number of benzene rings is 1. The number of carbonyl (C=O) groups is 2. The molecule has 0 fully saturated rings. The van der Waals surface area contributed by atoms with Crippen molar-refractivity contribution in [3.05, 3.63) is 35.5 Å². The summed E-state index contributed by atoms with van der Waals surface area (Å²) in [5.41, 5.74) is 2.54. The monoisotopic (exact) mass is 335 g/mol. The molecule has 122 valence electrons. The molecule has 8 heteroatoms. The molecule has 0 aliphatic rings. The van der Waals surface area contributed by atoms with Gasteiger partial charge in [-0.05, 0) is 24.1 Å². The largest absolute Gasteiger partial charge is 0.493 e. The number of ether oxygens (including phenoxy) is 2. The van der Waals surface area contributed by atoms with Gasteiger partial charge in [-0.1, -0.05) is 6.07 Å². The number of aromatic nitrogens is 1. The summed E-state index contributed by atoms with van der Waals surface area (Å²) in [5.74, 6) is -0.121. The van der Waals surface area contributed by atoms with Crippen LogP contribution in [0.5, 0.6) is 11.5 Å². The van der Waals surface area contributed by atoms with Crippen LogP contribution in [0.1, 0.15) is 5.56 Å². The molecule has 0 spiro atoms. The van der Waals surface area contributed by atoms with Gasteiger partial charge in [0, 0.05) is 6.54 Å². The SMILES string of the molecule is COc1ccc(CCNC(=O)C(=O)Nc2cncs2)cc1OC. The van der Waals surface area contributed by atoms with Gasteiger partial charge in [-0.2, -0.15) is 0 Å². The third-order valence-electron chi connectivity index (χ3n) is 3.02. The highest BCUT2D eigenvalue weighted by Gasteiger charge is 2.13. The zero-order valence-electron chi connectivity index (χ0n) is 12.8. The molecule has 0 bridgehead atoms. The topological polar surface area (TPSA) is 89.5 Å². The fourth-order valence-corrected chi connectivity index (χ4v) is 2.39. The first-order valence-electron chi connectivity index (χ1n) is 6.82. The number of rotatable bonds is 6. The van der Waals surface area contributed by atoms with Crippen molar-refractivity contribution in [1.29, 1.82) is 0 Å². The van der Waals surface area contributed by atoms with Crippen LogP contribution in [0, 0.1) is 0 Å². The van der Waals surface area contributed by atoms with E-state index in [1.807, 2.05) is 12.1 Å². The van der Waals surface area contributed by atoms with Crippen LogP contribution in [0.15, 0.2) is 29.9 Å². The van der Waals surface area contributed by atoms with Crippen LogP contribution in [0.2, 0.25) is 0 Å². The van der Waals surface area contributed by atoms with Crippen LogP contribution in [0.4, 0.5) is 5.00 Å². The van der Waals surface area contributed by atoms with Gasteiger partial charge in [-0.3, -0.25) is 14.6 Å². The van der Waals surface area contributed by atoms with Crippen LogP contribution < -0.4 is 20.1 Å². The number of carbonyl (C=O) groups excluding carboxylic acids is 2. The van der Waals surface area contributed by atoms with E-state index in [0.717, 1.165) is 5.56 Å². The lowest BCUT2D eigenvalue weighted by Crippen LogP contribution is -2.36. The molecule has 2 N–H and O–H groups in total. The maximum Gasteiger partial charge on any atom is 0.314 e. The summed E-state index contributed by atoms with van der Waals surface area (Å²) >= 11 is 1.25. The first-order chi connectivity index (χ1) is 11.1. The van der Waals surface area contributed by atoms with E-state index in [0.29, 0.717) is 29.5 Å². The average Bonchev–Trinajstić information content (AvgIpc) is 3.07. The third-order valence-corrected chi connectivity index (χ3v) is 3.71. The van der Waals surface area contributed by atoms with Crippen molar-refractivity contribution in [2.24, 2.45) is 0 Å². The van der Waals surface area contributed by atoms with Crippen LogP contribution in [0.3, 0.4) is 0 Å². The lowest BCUT2D eigenvalue weighted by atomic mass is 10.1. The van der Waals surface area contributed by atoms with E-state index < -0.39 is 11.8 Å². The zero-order chi connectivity index (χ0) is 16.7. The van der Waals surface area contributed by atoms with E-state index >= 15 is 0 Å². The van der Waals surface area contributed by atoms with Crippen molar-refractivity contribution in [3.63, 3.8) is 0 Å². The summed E-state index contributed by atoms with van der Waals surface area (Å²) in [4.78, 5) is 27.2. The Balaban J connectivity index is 1.82. The van der Waals surface area contributed by atoms with Crippen LogP contribution >= 0.6 is 11.3 Å². The molecule has 7 nitrogen and oxygen atoms in total. The predicted octanol–water partition coefficient (Wildman–Crippen LogP) is 1.46. The Hall–Kier alpha value is -2.61. The van der Waals surface area contributed by atoms with Gasteiger partial charge in [-0.25, -0.2) is 0 Å². The molecule has 0 aliphatic carbocycles. The van der Waals surface area contributed by atoms with Gasteiger partial charge >= 0.3 is 11.8 Å². The summed E-state index contributed by atoms with van der Waals surface area (Å²) in [6.45, 7) is 0.338. The second-order valence-corrected chi connectivity index (χ2v) is 5.40. The molecular weight excluding hydrogens is 318 g/mol. The highest BCUT2D eigenvalue weighted by molar-refractivity contribution is 7.14. The minimum Gasteiger partial charge on any atom is -0.493 e. The summed E-state index contributed by atoms with van der Waals surface area (Å²) in [7, 11) is 3.13. The van der Waals surface area contributed by atoms with Crippen molar-refractivity contribution >= 4 is 28.2 Å². The highest BCUT2D eigenvalue weighted by Crippen LogP contribution is 2.27. The average molecular weight is 335 g/mol. The minimum atomic E-state index is -0.707. The predicted molar refractivity (Wildman–Crippen MR) is 87.0 cm³/mol. The lowest BCUT2D eigenvalue weighted by Gasteiger charge is -2.10. The molecule has 0 saturated heterocycles. The molecule has 2 rings (SSSR count). The molecule has 1 aromatic heterocycles. The lowest BCUT2D eigenvalue weighted by molar-refractivity contribution is -0.136. The van der Waals surface area contributed by atoms with Gasteiger partial charge < -0.3 is 20.1 Å². The maximum atomic E-state index is 11.7. The van der Waals surface area contributed by atoms with Gasteiger partial charge in [-0.15, -0.1) is 11.3 Å². The van der Waals surface area contributed by atoms with Crippen molar-refractivity contribution in [2.75, 3.05) is 26.1 Å². The first-order valence-corrected chi connectivity index (χ1v) is 7.70. The Morgan fingerprint density at radius 3 is 2.61 bits per heavy atom. The molecule has 1 aromatic carbocycles. The van der Waals surface area contributed by atoms with E-state index in [2.05, 4.69) is 15.6 Å². The Labute approximate surface area is 137 Å². The second-order valence-electron chi connectivity index (χ2n) is 4.52. The van der Waals surface area contributed by atoms with Gasteiger partial charge in [0.1, 0.15) is 5.00 Å². The van der Waals surface area contributed by atoms with Crippen molar-refractivity contribution < 1.29 is 19.1 Å². The molecule has 1 heterocycles. The molecule has 0 aliphatic heterocycles.